The highest BCUT2D eigenvalue weighted by Crippen LogP contribution is 2.30. The molecule has 1 saturated heterocycles. The minimum absolute atomic E-state index is 0.336. The second-order valence-corrected chi connectivity index (χ2v) is 11.3. The fourth-order valence-corrected chi connectivity index (χ4v) is 6.78. The first-order valence-corrected chi connectivity index (χ1v) is 13.8. The van der Waals surface area contributed by atoms with Gasteiger partial charge in [-0.15, -0.1) is 11.3 Å². The van der Waals surface area contributed by atoms with Crippen LogP contribution in [0.4, 0.5) is 5.13 Å². The number of methoxy groups -OCH3 is 1. The number of piperidine rings is 1. The molecule has 0 atom stereocenters. The number of ether oxygens (including phenoxy) is 1. The lowest BCUT2D eigenvalue weighted by Crippen LogP contribution is -2.39. The largest absolute Gasteiger partial charge is 0.497 e. The first-order valence-electron chi connectivity index (χ1n) is 10.2. The lowest BCUT2D eigenvalue weighted by Gasteiger charge is -2.31. The Morgan fingerprint density at radius 3 is 2.32 bits per heavy atom. The molecule has 0 spiro atoms. The number of rotatable bonds is 7. The average Bonchev–Trinajstić information content (AvgIpc) is 3.28. The van der Waals surface area contributed by atoms with E-state index in [4.69, 9.17) is 9.72 Å². The molecule has 0 unspecified atom stereocenters. The van der Waals surface area contributed by atoms with Crippen LogP contribution in [0.1, 0.15) is 29.7 Å². The van der Waals surface area contributed by atoms with E-state index < -0.39 is 9.84 Å². The van der Waals surface area contributed by atoms with Gasteiger partial charge in [0, 0.05) is 30.2 Å². The Morgan fingerprint density at radius 1 is 1.06 bits per heavy atom. The summed E-state index contributed by atoms with van der Waals surface area (Å²) in [6.07, 6.45) is 2.02. The average molecular weight is 522 g/mol. The van der Waals surface area contributed by atoms with Crippen molar-refractivity contribution < 1.29 is 13.2 Å². The van der Waals surface area contributed by atoms with Crippen LogP contribution in [0.5, 0.6) is 5.75 Å². The predicted molar refractivity (Wildman–Crippen MR) is 129 cm³/mol. The van der Waals surface area contributed by atoms with Crippen molar-refractivity contribution in [2.45, 2.75) is 34.7 Å². The van der Waals surface area contributed by atoms with Crippen LogP contribution in [0.2, 0.25) is 0 Å². The third kappa shape index (κ3) is 5.13. The normalized spacial score (nSPS) is 15.2. The van der Waals surface area contributed by atoms with Gasteiger partial charge >= 0.3 is 0 Å². The molecule has 1 aliphatic heterocycles. The van der Waals surface area contributed by atoms with E-state index in [0.29, 0.717) is 30.8 Å². The zero-order chi connectivity index (χ0) is 21.8. The molecule has 31 heavy (non-hydrogen) atoms. The summed E-state index contributed by atoms with van der Waals surface area (Å²) in [6.45, 7) is 1.41. The van der Waals surface area contributed by atoms with Crippen molar-refractivity contribution in [2.75, 3.05) is 25.1 Å². The topological polar surface area (TPSA) is 59.5 Å². The maximum atomic E-state index is 13.0. The van der Waals surface area contributed by atoms with Crippen LogP contribution < -0.4 is 9.64 Å². The van der Waals surface area contributed by atoms with Crippen LogP contribution in [-0.2, 0) is 21.6 Å². The molecular formula is C23H25BrN2O3S2. The molecule has 2 aromatic carbocycles. The van der Waals surface area contributed by atoms with Gasteiger partial charge in [-0.05, 0) is 48.2 Å². The molecule has 164 valence electrons. The summed E-state index contributed by atoms with van der Waals surface area (Å²) in [5.41, 5.74) is 3.29. The third-order valence-corrected chi connectivity index (χ3v) is 9.52. The van der Waals surface area contributed by atoms with Crippen molar-refractivity contribution in [1.29, 1.82) is 0 Å². The number of thiazole rings is 1. The van der Waals surface area contributed by atoms with Crippen molar-refractivity contribution in [2.24, 2.45) is 0 Å². The second-order valence-electron chi connectivity index (χ2n) is 7.66. The molecule has 5 nitrogen and oxygen atoms in total. The lowest BCUT2D eigenvalue weighted by molar-refractivity contribution is 0.414. The molecule has 1 aromatic heterocycles. The Labute approximate surface area is 196 Å². The molecule has 1 fully saturated rings. The fraction of sp³-hybridized carbons (Fsp3) is 0.348. The molecule has 0 radical (unpaired) electrons. The molecule has 0 bridgehead atoms. The summed E-state index contributed by atoms with van der Waals surface area (Å²) in [5.74, 6) is 0.847. The van der Waals surface area contributed by atoms with Gasteiger partial charge in [-0.3, -0.25) is 0 Å². The minimum atomic E-state index is -3.30. The molecular weight excluding hydrogens is 496 g/mol. The van der Waals surface area contributed by atoms with Gasteiger partial charge in [-0.1, -0.05) is 40.2 Å². The molecule has 1 aliphatic rings. The van der Waals surface area contributed by atoms with Gasteiger partial charge in [0.15, 0.2) is 15.0 Å². The van der Waals surface area contributed by atoms with Crippen LogP contribution in [0.3, 0.4) is 0 Å². The highest BCUT2D eigenvalue weighted by Gasteiger charge is 2.32. The summed E-state index contributed by atoms with van der Waals surface area (Å²) in [4.78, 5) is 7.43. The number of sulfone groups is 1. The summed E-state index contributed by atoms with van der Waals surface area (Å²) in [6, 6.07) is 15.2. The lowest BCUT2D eigenvalue weighted by atomic mass is 10.1. The van der Waals surface area contributed by atoms with E-state index in [1.807, 2.05) is 24.3 Å². The standard InChI is InChI=1S/C23H25BrN2O3S2/c1-29-20-6-2-17(3-7-20)14-19-16-30-23(25-19)26-12-10-22(11-13-26)31(27,28)21-8-4-18(15-24)5-9-21/h2-9,16,22H,10-15H2,1H3. The number of anilines is 1. The van der Waals surface area contributed by atoms with E-state index >= 15 is 0 Å². The summed E-state index contributed by atoms with van der Waals surface area (Å²) in [7, 11) is -1.64. The number of hydrogen-bond acceptors (Lipinski definition) is 6. The zero-order valence-electron chi connectivity index (χ0n) is 17.3. The summed E-state index contributed by atoms with van der Waals surface area (Å²) >= 11 is 5.03. The van der Waals surface area contributed by atoms with E-state index in [9.17, 15) is 8.42 Å². The van der Waals surface area contributed by atoms with Crippen LogP contribution >= 0.6 is 27.3 Å². The van der Waals surface area contributed by atoms with Crippen LogP contribution in [0.15, 0.2) is 58.8 Å². The quantitative estimate of drug-likeness (QED) is 0.406. The number of halogens is 1. The zero-order valence-corrected chi connectivity index (χ0v) is 20.5. The molecule has 2 heterocycles. The molecule has 3 aromatic rings. The summed E-state index contributed by atoms with van der Waals surface area (Å²) < 4.78 is 31.3. The number of alkyl halides is 1. The SMILES string of the molecule is COc1ccc(Cc2csc(N3CCC(S(=O)(=O)c4ccc(CBr)cc4)CC3)n2)cc1. The molecule has 0 N–H and O–H groups in total. The van der Waals surface area contributed by atoms with Gasteiger partial charge in [0.1, 0.15) is 5.75 Å². The Hall–Kier alpha value is -1.90. The number of benzene rings is 2. The maximum Gasteiger partial charge on any atom is 0.185 e. The third-order valence-electron chi connectivity index (χ3n) is 5.64. The molecule has 0 saturated carbocycles. The highest BCUT2D eigenvalue weighted by molar-refractivity contribution is 9.08. The molecule has 4 rings (SSSR count). The van der Waals surface area contributed by atoms with Gasteiger partial charge in [0.25, 0.3) is 0 Å². The van der Waals surface area contributed by atoms with Crippen molar-refractivity contribution >= 4 is 42.2 Å². The Kier molecular flexibility index (Phi) is 6.99. The molecule has 0 amide bonds. The van der Waals surface area contributed by atoms with Gasteiger partial charge in [-0.25, -0.2) is 13.4 Å². The first kappa shape index (κ1) is 22.3. The van der Waals surface area contributed by atoms with E-state index in [1.54, 1.807) is 30.6 Å². The van der Waals surface area contributed by atoms with Gasteiger partial charge in [0.05, 0.1) is 22.9 Å². The van der Waals surface area contributed by atoms with Gasteiger partial charge in [-0.2, -0.15) is 0 Å². The Morgan fingerprint density at radius 2 is 1.71 bits per heavy atom. The number of hydrogen-bond donors (Lipinski definition) is 0. The number of aromatic nitrogens is 1. The predicted octanol–water partition coefficient (Wildman–Crippen LogP) is 5.08. The van der Waals surface area contributed by atoms with E-state index in [2.05, 4.69) is 38.3 Å². The van der Waals surface area contributed by atoms with E-state index in [-0.39, 0.29) is 5.25 Å². The fourth-order valence-electron chi connectivity index (χ4n) is 3.79. The summed E-state index contributed by atoms with van der Waals surface area (Å²) in [5, 5.41) is 3.45. The Bertz CT molecular complexity index is 1100. The van der Waals surface area contributed by atoms with Gasteiger partial charge < -0.3 is 9.64 Å². The maximum absolute atomic E-state index is 13.0. The van der Waals surface area contributed by atoms with Crippen molar-refractivity contribution in [3.05, 3.63) is 70.7 Å². The Balaban J connectivity index is 1.37. The smallest absolute Gasteiger partial charge is 0.185 e. The minimum Gasteiger partial charge on any atom is -0.497 e. The first-order chi connectivity index (χ1) is 15.0. The van der Waals surface area contributed by atoms with Gasteiger partial charge in [0.2, 0.25) is 0 Å². The van der Waals surface area contributed by atoms with E-state index in [1.165, 1.54) is 5.56 Å². The second kappa shape index (κ2) is 9.71. The van der Waals surface area contributed by atoms with Crippen molar-refractivity contribution in [3.8, 4) is 5.75 Å². The van der Waals surface area contributed by atoms with Crippen LogP contribution in [0, 0.1) is 0 Å². The van der Waals surface area contributed by atoms with Crippen molar-refractivity contribution in [1.82, 2.24) is 4.98 Å². The molecule has 8 heteroatoms. The molecule has 0 aliphatic carbocycles. The van der Waals surface area contributed by atoms with Crippen molar-refractivity contribution in [3.63, 3.8) is 0 Å². The van der Waals surface area contributed by atoms with Crippen LogP contribution in [-0.4, -0.2) is 38.9 Å². The van der Waals surface area contributed by atoms with E-state index in [0.717, 1.165) is 33.9 Å². The number of nitrogens with zero attached hydrogens (tertiary/aromatic N) is 2. The van der Waals surface area contributed by atoms with Crippen LogP contribution in [0.25, 0.3) is 0 Å². The highest BCUT2D eigenvalue weighted by atomic mass is 79.9. The monoisotopic (exact) mass is 520 g/mol.